The predicted molar refractivity (Wildman–Crippen MR) is 89.1 cm³/mol. The highest BCUT2D eigenvalue weighted by atomic mass is 16.1. The molecule has 0 aliphatic heterocycles. The van der Waals surface area contributed by atoms with Crippen molar-refractivity contribution >= 4 is 5.91 Å². The molecule has 4 unspecified atom stereocenters. The Morgan fingerprint density at radius 3 is 2.38 bits per heavy atom. The number of hydrogen-bond donors (Lipinski definition) is 2. The van der Waals surface area contributed by atoms with Gasteiger partial charge in [0.25, 0.3) is 0 Å². The molecule has 4 nitrogen and oxygen atoms in total. The zero-order chi connectivity index (χ0) is 16.2. The van der Waals surface area contributed by atoms with E-state index in [0.717, 1.165) is 12.3 Å². The van der Waals surface area contributed by atoms with Gasteiger partial charge in [-0.15, -0.1) is 0 Å². The first-order valence-electron chi connectivity index (χ1n) is 8.47. The van der Waals surface area contributed by atoms with Gasteiger partial charge in [-0.05, 0) is 59.9 Å². The van der Waals surface area contributed by atoms with Gasteiger partial charge in [0, 0.05) is 18.1 Å². The topological polar surface area (TPSA) is 58.4 Å². The van der Waals surface area contributed by atoms with E-state index >= 15 is 0 Å². The van der Waals surface area contributed by atoms with Gasteiger partial charge in [0.15, 0.2) is 0 Å². The fourth-order valence-electron chi connectivity index (χ4n) is 3.83. The normalized spacial score (nSPS) is 27.6. The van der Waals surface area contributed by atoms with Crippen molar-refractivity contribution in [1.29, 1.82) is 0 Å². The second-order valence-electron chi connectivity index (χ2n) is 7.54. The van der Waals surface area contributed by atoms with Gasteiger partial charge in [-0.2, -0.15) is 0 Å². The van der Waals surface area contributed by atoms with Gasteiger partial charge in [-0.25, -0.2) is 0 Å². The van der Waals surface area contributed by atoms with Crippen LogP contribution in [0.25, 0.3) is 0 Å². The molecule has 4 heteroatoms. The lowest BCUT2D eigenvalue weighted by molar-refractivity contribution is -0.125. The van der Waals surface area contributed by atoms with Crippen molar-refractivity contribution in [1.82, 2.24) is 10.2 Å². The molecule has 0 aromatic heterocycles. The Hall–Kier alpha value is -0.610. The van der Waals surface area contributed by atoms with E-state index < -0.39 is 5.54 Å². The molecule has 1 aliphatic rings. The van der Waals surface area contributed by atoms with Crippen molar-refractivity contribution in [3.8, 4) is 0 Å². The van der Waals surface area contributed by atoms with E-state index in [1.807, 2.05) is 6.92 Å². The van der Waals surface area contributed by atoms with Gasteiger partial charge in [0.1, 0.15) is 0 Å². The van der Waals surface area contributed by atoms with Crippen LogP contribution in [0, 0.1) is 5.92 Å². The molecule has 1 aliphatic carbocycles. The third-order valence-electron chi connectivity index (χ3n) is 5.14. The quantitative estimate of drug-likeness (QED) is 0.759. The number of carbonyl (C=O) groups excluding carboxylic acids is 1. The van der Waals surface area contributed by atoms with Crippen LogP contribution in [0.4, 0.5) is 0 Å². The van der Waals surface area contributed by atoms with E-state index in [-0.39, 0.29) is 11.9 Å². The van der Waals surface area contributed by atoms with Gasteiger partial charge >= 0.3 is 0 Å². The second kappa shape index (κ2) is 7.59. The Kier molecular flexibility index (Phi) is 6.67. The second-order valence-corrected chi connectivity index (χ2v) is 7.54. The molecule has 0 saturated heterocycles. The first kappa shape index (κ1) is 18.4. The van der Waals surface area contributed by atoms with Crippen molar-refractivity contribution < 1.29 is 4.79 Å². The Labute approximate surface area is 130 Å². The van der Waals surface area contributed by atoms with Crippen LogP contribution in [0.15, 0.2) is 0 Å². The average Bonchev–Trinajstić information content (AvgIpc) is 2.37. The molecule has 0 aromatic carbocycles. The maximum Gasteiger partial charge on any atom is 0.237 e. The van der Waals surface area contributed by atoms with E-state index in [2.05, 4.69) is 45.0 Å². The smallest absolute Gasteiger partial charge is 0.237 e. The molecule has 0 bridgehead atoms. The molecule has 0 aromatic rings. The highest BCUT2D eigenvalue weighted by molar-refractivity contribution is 5.84. The molecule has 4 atom stereocenters. The van der Waals surface area contributed by atoms with Crippen LogP contribution < -0.4 is 11.1 Å². The minimum absolute atomic E-state index is 0.244. The number of rotatable bonds is 7. The predicted octanol–water partition coefficient (Wildman–Crippen LogP) is 2.52. The van der Waals surface area contributed by atoms with Crippen LogP contribution in [-0.4, -0.2) is 41.5 Å². The zero-order valence-electron chi connectivity index (χ0n) is 14.8. The van der Waals surface area contributed by atoms with Crippen LogP contribution in [0.2, 0.25) is 0 Å². The lowest BCUT2D eigenvalue weighted by Gasteiger charge is -2.42. The van der Waals surface area contributed by atoms with Crippen LogP contribution in [0.3, 0.4) is 0 Å². The molecule has 1 amide bonds. The molecule has 0 radical (unpaired) electrons. The first-order valence-corrected chi connectivity index (χ1v) is 8.47. The van der Waals surface area contributed by atoms with E-state index in [1.54, 1.807) is 0 Å². The summed E-state index contributed by atoms with van der Waals surface area (Å²) in [7, 11) is 2.20. The van der Waals surface area contributed by atoms with Crippen molar-refractivity contribution in [3.05, 3.63) is 0 Å². The summed E-state index contributed by atoms with van der Waals surface area (Å²) in [4.78, 5) is 14.4. The number of nitrogens with zero attached hydrogens (tertiary/aromatic N) is 1. The maximum atomic E-state index is 11.9. The zero-order valence-corrected chi connectivity index (χ0v) is 14.8. The molecule has 124 valence electrons. The lowest BCUT2D eigenvalue weighted by atomic mass is 9.83. The van der Waals surface area contributed by atoms with Crippen LogP contribution in [0.5, 0.6) is 0 Å². The standard InChI is InChI=1S/C17H35N3O/c1-12(2)19-17(5,16(18)21)11-14(4)20(6)15-10-8-7-9-13(15)3/h12-15,19H,7-11H2,1-6H3,(H2,18,21). The first-order chi connectivity index (χ1) is 9.67. The number of nitrogens with one attached hydrogen (secondary N) is 1. The highest BCUT2D eigenvalue weighted by Crippen LogP contribution is 2.30. The van der Waals surface area contributed by atoms with Gasteiger partial charge in [-0.3, -0.25) is 4.79 Å². The van der Waals surface area contributed by atoms with Gasteiger partial charge in [-0.1, -0.05) is 19.8 Å². The minimum Gasteiger partial charge on any atom is -0.368 e. The number of amides is 1. The number of hydrogen-bond acceptors (Lipinski definition) is 3. The van der Waals surface area contributed by atoms with Crippen molar-refractivity contribution in [2.75, 3.05) is 7.05 Å². The molecular weight excluding hydrogens is 262 g/mol. The highest BCUT2D eigenvalue weighted by Gasteiger charge is 2.36. The summed E-state index contributed by atoms with van der Waals surface area (Å²) in [5, 5.41) is 3.35. The molecule has 1 saturated carbocycles. The average molecular weight is 297 g/mol. The molecular formula is C17H35N3O. The maximum absolute atomic E-state index is 11.9. The summed E-state index contributed by atoms with van der Waals surface area (Å²) in [5.41, 5.74) is 5.01. The molecule has 3 N–H and O–H groups in total. The van der Waals surface area contributed by atoms with Gasteiger partial charge < -0.3 is 16.0 Å². The van der Waals surface area contributed by atoms with Crippen LogP contribution in [-0.2, 0) is 4.79 Å². The molecule has 21 heavy (non-hydrogen) atoms. The Bertz CT molecular complexity index is 345. The summed E-state index contributed by atoms with van der Waals surface area (Å²) in [6, 6.07) is 1.21. The molecule has 0 spiro atoms. The van der Waals surface area contributed by atoms with Crippen molar-refractivity contribution in [2.45, 2.75) is 90.4 Å². The summed E-state index contributed by atoms with van der Waals surface area (Å²) in [6.45, 7) is 10.6. The number of carbonyl (C=O) groups is 1. The third-order valence-corrected chi connectivity index (χ3v) is 5.14. The summed E-state index contributed by atoms with van der Waals surface area (Å²) < 4.78 is 0. The van der Waals surface area contributed by atoms with E-state index in [9.17, 15) is 4.79 Å². The number of primary amides is 1. The minimum atomic E-state index is -0.639. The number of nitrogens with two attached hydrogens (primary N) is 1. The van der Waals surface area contributed by atoms with E-state index in [1.165, 1.54) is 25.7 Å². The SMILES string of the molecule is CC(C)NC(C)(CC(C)N(C)C1CCCCC1C)C(N)=O. The van der Waals surface area contributed by atoms with Crippen LogP contribution in [0.1, 0.15) is 66.7 Å². The summed E-state index contributed by atoms with van der Waals surface area (Å²) in [5.74, 6) is 0.484. The Morgan fingerprint density at radius 2 is 1.90 bits per heavy atom. The molecule has 0 heterocycles. The largest absolute Gasteiger partial charge is 0.368 e. The Balaban J connectivity index is 2.72. The van der Waals surface area contributed by atoms with Crippen molar-refractivity contribution in [3.63, 3.8) is 0 Å². The monoisotopic (exact) mass is 297 g/mol. The summed E-state index contributed by atoms with van der Waals surface area (Å²) in [6.07, 6.45) is 6.02. The third kappa shape index (κ3) is 4.96. The van der Waals surface area contributed by atoms with Gasteiger partial charge in [0.05, 0.1) is 5.54 Å². The lowest BCUT2D eigenvalue weighted by Crippen LogP contribution is -2.59. The van der Waals surface area contributed by atoms with E-state index in [0.29, 0.717) is 12.1 Å². The van der Waals surface area contributed by atoms with E-state index in [4.69, 9.17) is 5.73 Å². The van der Waals surface area contributed by atoms with Crippen LogP contribution >= 0.6 is 0 Å². The molecule has 1 rings (SSSR count). The Morgan fingerprint density at radius 1 is 1.33 bits per heavy atom. The fraction of sp³-hybridized carbons (Fsp3) is 0.941. The molecule has 1 fully saturated rings. The summed E-state index contributed by atoms with van der Waals surface area (Å²) >= 11 is 0. The van der Waals surface area contributed by atoms with Gasteiger partial charge in [0.2, 0.25) is 5.91 Å². The fourth-order valence-corrected chi connectivity index (χ4v) is 3.83. The van der Waals surface area contributed by atoms with Crippen molar-refractivity contribution in [2.24, 2.45) is 11.7 Å².